The van der Waals surface area contributed by atoms with Gasteiger partial charge in [0.25, 0.3) is 0 Å². The van der Waals surface area contributed by atoms with Gasteiger partial charge in [-0.3, -0.25) is 0 Å². The third-order valence-electron chi connectivity index (χ3n) is 4.85. The van der Waals surface area contributed by atoms with Crippen molar-refractivity contribution in [2.75, 3.05) is 6.54 Å². The largest absolute Gasteiger partial charge is 0.387 e. The molecule has 0 aliphatic heterocycles. The number of aliphatic hydroxyl groups excluding tert-OH is 1. The highest BCUT2D eigenvalue weighted by Crippen LogP contribution is 2.49. The summed E-state index contributed by atoms with van der Waals surface area (Å²) < 4.78 is 0. The van der Waals surface area contributed by atoms with Crippen LogP contribution in [0.1, 0.15) is 61.8 Å². The highest BCUT2D eigenvalue weighted by molar-refractivity contribution is 7.12. The van der Waals surface area contributed by atoms with E-state index in [0.29, 0.717) is 6.54 Å². The van der Waals surface area contributed by atoms with Crippen molar-refractivity contribution in [2.45, 2.75) is 58.5 Å². The SMILES string of the molecule is CCc1ccc(C(O)C2(CN)CCCC(CC)C2)s1. The number of hydrogen-bond acceptors (Lipinski definition) is 3. The van der Waals surface area contributed by atoms with Crippen LogP contribution in [0.5, 0.6) is 0 Å². The van der Waals surface area contributed by atoms with E-state index < -0.39 is 0 Å². The van der Waals surface area contributed by atoms with Crippen molar-refractivity contribution in [1.82, 2.24) is 0 Å². The van der Waals surface area contributed by atoms with Crippen molar-refractivity contribution in [3.05, 3.63) is 21.9 Å². The average molecular weight is 281 g/mol. The molecule has 0 aromatic carbocycles. The second kappa shape index (κ2) is 6.38. The molecule has 3 atom stereocenters. The molecule has 2 nitrogen and oxygen atoms in total. The van der Waals surface area contributed by atoms with Gasteiger partial charge >= 0.3 is 0 Å². The molecule has 3 N–H and O–H groups in total. The van der Waals surface area contributed by atoms with Crippen LogP contribution in [-0.4, -0.2) is 11.7 Å². The Morgan fingerprint density at radius 2 is 2.26 bits per heavy atom. The highest BCUT2D eigenvalue weighted by Gasteiger charge is 2.41. The monoisotopic (exact) mass is 281 g/mol. The topological polar surface area (TPSA) is 46.2 Å². The maximum atomic E-state index is 10.8. The molecule has 1 aromatic rings. The fourth-order valence-electron chi connectivity index (χ4n) is 3.45. The molecule has 2 rings (SSSR count). The van der Waals surface area contributed by atoms with E-state index in [9.17, 15) is 5.11 Å². The molecule has 3 heteroatoms. The van der Waals surface area contributed by atoms with Gasteiger partial charge in [0.2, 0.25) is 0 Å². The lowest BCUT2D eigenvalue weighted by Gasteiger charge is -2.43. The van der Waals surface area contributed by atoms with Gasteiger partial charge < -0.3 is 10.8 Å². The number of aliphatic hydroxyl groups is 1. The summed E-state index contributed by atoms with van der Waals surface area (Å²) in [6, 6.07) is 4.24. The molecule has 108 valence electrons. The third kappa shape index (κ3) is 3.04. The number of thiophene rings is 1. The quantitative estimate of drug-likeness (QED) is 0.860. The lowest BCUT2D eigenvalue weighted by molar-refractivity contribution is -0.0140. The minimum Gasteiger partial charge on any atom is -0.387 e. The number of aryl methyl sites for hydroxylation is 1. The van der Waals surface area contributed by atoms with E-state index in [1.54, 1.807) is 11.3 Å². The van der Waals surface area contributed by atoms with Gasteiger partial charge in [0.1, 0.15) is 0 Å². The van der Waals surface area contributed by atoms with Gasteiger partial charge in [-0.15, -0.1) is 11.3 Å². The zero-order valence-corrected chi connectivity index (χ0v) is 13.0. The molecule has 1 fully saturated rings. The molecule has 0 amide bonds. The van der Waals surface area contributed by atoms with Crippen molar-refractivity contribution in [1.29, 1.82) is 0 Å². The summed E-state index contributed by atoms with van der Waals surface area (Å²) in [7, 11) is 0. The molecule has 1 aliphatic rings. The van der Waals surface area contributed by atoms with Crippen molar-refractivity contribution in [2.24, 2.45) is 17.1 Å². The molecular weight excluding hydrogens is 254 g/mol. The fourth-order valence-corrected chi connectivity index (χ4v) is 4.53. The van der Waals surface area contributed by atoms with Crippen molar-refractivity contribution < 1.29 is 5.11 Å². The Bertz CT molecular complexity index is 403. The van der Waals surface area contributed by atoms with Gasteiger partial charge in [-0.25, -0.2) is 0 Å². The van der Waals surface area contributed by atoms with E-state index in [1.807, 2.05) is 0 Å². The van der Waals surface area contributed by atoms with E-state index in [-0.39, 0.29) is 11.5 Å². The second-order valence-corrected chi connectivity index (χ2v) is 7.20. The van der Waals surface area contributed by atoms with Crippen LogP contribution in [0.3, 0.4) is 0 Å². The molecule has 1 aliphatic carbocycles. The summed E-state index contributed by atoms with van der Waals surface area (Å²) in [6.07, 6.45) is 6.54. The van der Waals surface area contributed by atoms with Crippen molar-refractivity contribution >= 4 is 11.3 Å². The standard InChI is InChI=1S/C16H27NOS/c1-3-12-6-5-9-16(10-12,11-17)15(18)14-8-7-13(4-2)19-14/h7-8,12,15,18H,3-6,9-11,17H2,1-2H3. The molecule has 0 saturated heterocycles. The second-order valence-electron chi connectivity index (χ2n) is 6.00. The smallest absolute Gasteiger partial charge is 0.0950 e. The first-order valence-electron chi connectivity index (χ1n) is 7.62. The molecule has 1 saturated carbocycles. The number of hydrogen-bond donors (Lipinski definition) is 2. The van der Waals surface area contributed by atoms with Gasteiger partial charge in [-0.05, 0) is 37.3 Å². The maximum absolute atomic E-state index is 10.8. The van der Waals surface area contributed by atoms with Gasteiger partial charge in [0.15, 0.2) is 0 Å². The van der Waals surface area contributed by atoms with Crippen LogP contribution >= 0.6 is 11.3 Å². The van der Waals surface area contributed by atoms with Crippen LogP contribution in [-0.2, 0) is 6.42 Å². The molecule has 0 radical (unpaired) electrons. The summed E-state index contributed by atoms with van der Waals surface area (Å²) in [5.41, 5.74) is 5.99. The van der Waals surface area contributed by atoms with Gasteiger partial charge in [0, 0.05) is 21.7 Å². The highest BCUT2D eigenvalue weighted by atomic mass is 32.1. The molecular formula is C16H27NOS. The van der Waals surface area contributed by atoms with Crippen LogP contribution < -0.4 is 5.73 Å². The van der Waals surface area contributed by atoms with Crippen LogP contribution in [0.4, 0.5) is 0 Å². The lowest BCUT2D eigenvalue weighted by Crippen LogP contribution is -2.40. The van der Waals surface area contributed by atoms with Gasteiger partial charge in [-0.2, -0.15) is 0 Å². The first kappa shape index (κ1) is 15.0. The summed E-state index contributed by atoms with van der Waals surface area (Å²) in [5.74, 6) is 0.734. The van der Waals surface area contributed by atoms with Gasteiger partial charge in [-0.1, -0.05) is 33.1 Å². The van der Waals surface area contributed by atoms with E-state index in [1.165, 1.54) is 24.1 Å². The first-order chi connectivity index (χ1) is 9.15. The Kier molecular flexibility index (Phi) is 5.04. The number of nitrogens with two attached hydrogens (primary N) is 1. The van der Waals surface area contributed by atoms with Crippen LogP contribution in [0, 0.1) is 11.3 Å². The fraction of sp³-hybridized carbons (Fsp3) is 0.750. The predicted octanol–water partition coefficient (Wildman–Crippen LogP) is 3.89. The normalized spacial score (nSPS) is 29.4. The average Bonchev–Trinajstić information content (AvgIpc) is 2.95. The summed E-state index contributed by atoms with van der Waals surface area (Å²) in [6.45, 7) is 5.02. The minimum absolute atomic E-state index is 0.0885. The molecule has 19 heavy (non-hydrogen) atoms. The molecule has 1 aromatic heterocycles. The molecule has 1 heterocycles. The Hall–Kier alpha value is -0.380. The Labute approximate surface area is 121 Å². The maximum Gasteiger partial charge on any atom is 0.0950 e. The third-order valence-corrected chi connectivity index (χ3v) is 6.13. The van der Waals surface area contributed by atoms with Gasteiger partial charge in [0.05, 0.1) is 6.10 Å². The van der Waals surface area contributed by atoms with Crippen LogP contribution in [0.2, 0.25) is 0 Å². The van der Waals surface area contributed by atoms with E-state index in [4.69, 9.17) is 5.73 Å². The predicted molar refractivity (Wildman–Crippen MR) is 82.4 cm³/mol. The molecule has 0 bridgehead atoms. The first-order valence-corrected chi connectivity index (χ1v) is 8.43. The lowest BCUT2D eigenvalue weighted by atomic mass is 9.65. The van der Waals surface area contributed by atoms with E-state index >= 15 is 0 Å². The molecule has 0 spiro atoms. The Balaban J connectivity index is 2.19. The summed E-state index contributed by atoms with van der Waals surface area (Å²) in [4.78, 5) is 2.46. The summed E-state index contributed by atoms with van der Waals surface area (Å²) >= 11 is 1.75. The zero-order chi connectivity index (χ0) is 13.9. The minimum atomic E-state index is -0.378. The van der Waals surface area contributed by atoms with Crippen molar-refractivity contribution in [3.8, 4) is 0 Å². The zero-order valence-electron chi connectivity index (χ0n) is 12.2. The van der Waals surface area contributed by atoms with Crippen LogP contribution in [0.15, 0.2) is 12.1 Å². The van der Waals surface area contributed by atoms with E-state index in [2.05, 4.69) is 26.0 Å². The Morgan fingerprint density at radius 1 is 1.47 bits per heavy atom. The molecule has 3 unspecified atom stereocenters. The Morgan fingerprint density at radius 3 is 2.84 bits per heavy atom. The van der Waals surface area contributed by atoms with E-state index in [0.717, 1.165) is 30.1 Å². The van der Waals surface area contributed by atoms with Crippen molar-refractivity contribution in [3.63, 3.8) is 0 Å². The number of rotatable bonds is 5. The summed E-state index contributed by atoms with van der Waals surface area (Å²) in [5, 5.41) is 10.8. The van der Waals surface area contributed by atoms with Crippen LogP contribution in [0.25, 0.3) is 0 Å².